The van der Waals surface area contributed by atoms with Crippen molar-refractivity contribution in [1.29, 1.82) is 0 Å². The molecule has 0 aliphatic heterocycles. The number of hydrogen-bond donors (Lipinski definition) is 0. The first-order chi connectivity index (χ1) is 14.3. The molecule has 3 rings (SSSR count). The van der Waals surface area contributed by atoms with Crippen LogP contribution in [0.15, 0.2) is 54.6 Å². The number of non-ortho nitro benzene ring substituents is 1. The zero-order valence-corrected chi connectivity index (χ0v) is 17.7. The molecule has 1 aromatic heterocycles. The van der Waals surface area contributed by atoms with E-state index in [1.54, 1.807) is 24.1 Å². The second-order valence-electron chi connectivity index (χ2n) is 7.43. The van der Waals surface area contributed by atoms with Crippen LogP contribution >= 0.6 is 0 Å². The van der Waals surface area contributed by atoms with Crippen LogP contribution in [0.1, 0.15) is 41.9 Å². The number of aromatic nitrogens is 2. The average molecular weight is 406 g/mol. The van der Waals surface area contributed by atoms with Gasteiger partial charge in [0.15, 0.2) is 0 Å². The lowest BCUT2D eigenvalue weighted by Gasteiger charge is -2.25. The maximum absolute atomic E-state index is 12.8. The predicted molar refractivity (Wildman–Crippen MR) is 116 cm³/mol. The molecule has 0 aliphatic carbocycles. The number of carbonyl (C=O) groups is 1. The molecule has 0 aliphatic rings. The molecule has 0 unspecified atom stereocenters. The first-order valence-electron chi connectivity index (χ1n) is 9.90. The Labute approximate surface area is 176 Å². The molecule has 3 aromatic rings. The van der Waals surface area contributed by atoms with Gasteiger partial charge in [0.25, 0.3) is 5.69 Å². The quantitative estimate of drug-likeness (QED) is 0.426. The SMILES string of the molecule is Cc1nn(-c2ccccc2)c(C)c1CCC(=O)N(C)[C@@H](C)c1cccc([N+](=O)[O-])c1. The predicted octanol–water partition coefficient (Wildman–Crippen LogP) is 4.55. The Morgan fingerprint density at radius 2 is 1.87 bits per heavy atom. The lowest BCUT2D eigenvalue weighted by atomic mass is 10.0. The Morgan fingerprint density at radius 3 is 2.53 bits per heavy atom. The van der Waals surface area contributed by atoms with Gasteiger partial charge in [-0.1, -0.05) is 30.3 Å². The lowest BCUT2D eigenvalue weighted by Crippen LogP contribution is -2.29. The van der Waals surface area contributed by atoms with Crippen LogP contribution in [0.4, 0.5) is 5.69 Å². The van der Waals surface area contributed by atoms with E-state index in [1.165, 1.54) is 12.1 Å². The summed E-state index contributed by atoms with van der Waals surface area (Å²) in [5.74, 6) is -0.0136. The van der Waals surface area contributed by atoms with Crippen molar-refractivity contribution in [2.24, 2.45) is 0 Å². The van der Waals surface area contributed by atoms with Gasteiger partial charge in [0.1, 0.15) is 0 Å². The fraction of sp³-hybridized carbons (Fsp3) is 0.304. The number of aryl methyl sites for hydroxylation is 1. The van der Waals surface area contributed by atoms with Gasteiger partial charge in [-0.25, -0.2) is 4.68 Å². The third kappa shape index (κ3) is 4.40. The standard InChI is InChI=1S/C23H26N4O3/c1-16-22(18(3)26(24-16)20-10-6-5-7-11-20)13-14-23(28)25(4)17(2)19-9-8-12-21(15-19)27(29)30/h5-12,15,17H,13-14H2,1-4H3/t17-/m0/s1. The lowest BCUT2D eigenvalue weighted by molar-refractivity contribution is -0.384. The molecule has 0 N–H and O–H groups in total. The summed E-state index contributed by atoms with van der Waals surface area (Å²) in [6.45, 7) is 5.85. The highest BCUT2D eigenvalue weighted by Gasteiger charge is 2.21. The Bertz CT molecular complexity index is 1060. The summed E-state index contributed by atoms with van der Waals surface area (Å²) < 4.78 is 1.91. The van der Waals surface area contributed by atoms with Crippen LogP contribution in [0.25, 0.3) is 5.69 Å². The van der Waals surface area contributed by atoms with Gasteiger partial charge in [0, 0.05) is 31.3 Å². The first-order valence-corrected chi connectivity index (χ1v) is 9.90. The monoisotopic (exact) mass is 406 g/mol. The molecule has 1 amide bonds. The number of carbonyl (C=O) groups excluding carboxylic acids is 1. The van der Waals surface area contributed by atoms with Crippen molar-refractivity contribution in [3.8, 4) is 5.69 Å². The van der Waals surface area contributed by atoms with E-state index in [9.17, 15) is 14.9 Å². The van der Waals surface area contributed by atoms with Crippen molar-refractivity contribution >= 4 is 11.6 Å². The van der Waals surface area contributed by atoms with Gasteiger partial charge in [-0.05, 0) is 50.5 Å². The molecule has 0 radical (unpaired) electrons. The zero-order chi connectivity index (χ0) is 21.8. The van der Waals surface area contributed by atoms with Crippen molar-refractivity contribution in [1.82, 2.24) is 14.7 Å². The summed E-state index contributed by atoms with van der Waals surface area (Å²) in [6, 6.07) is 16.1. The van der Waals surface area contributed by atoms with Crippen LogP contribution in [0.2, 0.25) is 0 Å². The van der Waals surface area contributed by atoms with E-state index in [0.29, 0.717) is 12.8 Å². The molecule has 7 heteroatoms. The van der Waals surface area contributed by atoms with Gasteiger partial charge in [-0.3, -0.25) is 14.9 Å². The molecular weight excluding hydrogens is 380 g/mol. The van der Waals surface area contributed by atoms with Gasteiger partial charge < -0.3 is 4.90 Å². The van der Waals surface area contributed by atoms with Crippen LogP contribution < -0.4 is 0 Å². The van der Waals surface area contributed by atoms with E-state index in [-0.39, 0.29) is 17.6 Å². The molecule has 0 saturated carbocycles. The Balaban J connectivity index is 1.70. The van der Waals surface area contributed by atoms with Crippen LogP contribution in [-0.4, -0.2) is 32.6 Å². The third-order valence-electron chi connectivity index (χ3n) is 5.57. The van der Waals surface area contributed by atoms with E-state index in [0.717, 1.165) is 28.2 Å². The number of nitro groups is 1. The van der Waals surface area contributed by atoms with E-state index < -0.39 is 4.92 Å². The normalized spacial score (nSPS) is 11.9. The van der Waals surface area contributed by atoms with E-state index in [4.69, 9.17) is 0 Å². The molecule has 156 valence electrons. The topological polar surface area (TPSA) is 81.3 Å². The summed E-state index contributed by atoms with van der Waals surface area (Å²) in [5.41, 5.74) is 4.78. The number of para-hydroxylation sites is 1. The van der Waals surface area contributed by atoms with Gasteiger partial charge in [-0.2, -0.15) is 5.10 Å². The van der Waals surface area contributed by atoms with Gasteiger partial charge in [0.2, 0.25) is 5.91 Å². The summed E-state index contributed by atoms with van der Waals surface area (Å²) >= 11 is 0. The summed E-state index contributed by atoms with van der Waals surface area (Å²) in [6.07, 6.45) is 0.938. The van der Waals surface area contributed by atoms with E-state index in [2.05, 4.69) is 5.10 Å². The Kier molecular flexibility index (Phi) is 6.30. The number of nitrogens with zero attached hydrogens (tertiary/aromatic N) is 4. The molecule has 2 aromatic carbocycles. The van der Waals surface area contributed by atoms with E-state index >= 15 is 0 Å². The number of nitro benzene ring substituents is 1. The molecule has 1 atom stereocenters. The third-order valence-corrected chi connectivity index (χ3v) is 5.57. The maximum atomic E-state index is 12.8. The molecule has 0 saturated heterocycles. The maximum Gasteiger partial charge on any atom is 0.269 e. The molecule has 30 heavy (non-hydrogen) atoms. The minimum atomic E-state index is -0.423. The summed E-state index contributed by atoms with van der Waals surface area (Å²) in [4.78, 5) is 25.1. The number of amides is 1. The van der Waals surface area contributed by atoms with Gasteiger partial charge in [-0.15, -0.1) is 0 Å². The van der Waals surface area contributed by atoms with Crippen molar-refractivity contribution in [3.63, 3.8) is 0 Å². The smallest absolute Gasteiger partial charge is 0.269 e. The fourth-order valence-electron chi connectivity index (χ4n) is 3.60. The van der Waals surface area contributed by atoms with Crippen molar-refractivity contribution in [3.05, 3.63) is 87.2 Å². The Hall–Kier alpha value is -3.48. The Morgan fingerprint density at radius 1 is 1.17 bits per heavy atom. The number of hydrogen-bond acceptors (Lipinski definition) is 4. The minimum Gasteiger partial charge on any atom is -0.339 e. The first kappa shape index (κ1) is 21.2. The van der Waals surface area contributed by atoms with Crippen LogP contribution in [0.3, 0.4) is 0 Å². The van der Waals surface area contributed by atoms with Crippen molar-refractivity contribution in [2.45, 2.75) is 39.7 Å². The highest BCUT2D eigenvalue weighted by Crippen LogP contribution is 2.25. The van der Waals surface area contributed by atoms with Crippen LogP contribution in [0, 0.1) is 24.0 Å². The minimum absolute atomic E-state index is 0.0136. The number of rotatable bonds is 7. The second-order valence-corrected chi connectivity index (χ2v) is 7.43. The second kappa shape index (κ2) is 8.90. The van der Waals surface area contributed by atoms with E-state index in [1.807, 2.05) is 55.8 Å². The molecule has 0 spiro atoms. The van der Waals surface area contributed by atoms with Crippen molar-refractivity contribution < 1.29 is 9.72 Å². The summed E-state index contributed by atoms with van der Waals surface area (Å²) in [5, 5.41) is 15.7. The molecular formula is C23H26N4O3. The molecule has 1 heterocycles. The van der Waals surface area contributed by atoms with Gasteiger partial charge >= 0.3 is 0 Å². The largest absolute Gasteiger partial charge is 0.339 e. The highest BCUT2D eigenvalue weighted by molar-refractivity contribution is 5.76. The van der Waals surface area contributed by atoms with Crippen LogP contribution in [-0.2, 0) is 11.2 Å². The fourth-order valence-corrected chi connectivity index (χ4v) is 3.60. The highest BCUT2D eigenvalue weighted by atomic mass is 16.6. The molecule has 0 bridgehead atoms. The van der Waals surface area contributed by atoms with Crippen LogP contribution in [0.5, 0.6) is 0 Å². The average Bonchev–Trinajstić information content (AvgIpc) is 3.05. The molecule has 7 nitrogen and oxygen atoms in total. The molecule has 0 fully saturated rings. The zero-order valence-electron chi connectivity index (χ0n) is 17.7. The number of benzene rings is 2. The van der Waals surface area contributed by atoms with Crippen molar-refractivity contribution in [2.75, 3.05) is 7.05 Å². The summed E-state index contributed by atoms with van der Waals surface area (Å²) in [7, 11) is 1.74. The van der Waals surface area contributed by atoms with Gasteiger partial charge in [0.05, 0.1) is 22.3 Å².